The molecule has 3 heterocycles. The summed E-state index contributed by atoms with van der Waals surface area (Å²) in [6.07, 6.45) is 5.13. The zero-order valence-corrected chi connectivity index (χ0v) is 9.00. The lowest BCUT2D eigenvalue weighted by Crippen LogP contribution is -2.17. The van der Waals surface area contributed by atoms with Crippen molar-refractivity contribution in [2.45, 2.75) is 6.54 Å². The van der Waals surface area contributed by atoms with Gasteiger partial charge in [0.2, 0.25) is 0 Å². The van der Waals surface area contributed by atoms with Gasteiger partial charge in [-0.15, -0.1) is 0 Å². The molecule has 0 fully saturated rings. The van der Waals surface area contributed by atoms with Gasteiger partial charge in [0.25, 0.3) is 0 Å². The summed E-state index contributed by atoms with van der Waals surface area (Å²) in [4.78, 5) is 22.8. The Morgan fingerprint density at radius 1 is 1.24 bits per heavy atom. The molecule has 1 N–H and O–H groups in total. The Morgan fingerprint density at radius 3 is 2.94 bits per heavy atom. The maximum absolute atomic E-state index is 11.8. The van der Waals surface area contributed by atoms with Crippen LogP contribution in [0.15, 0.2) is 47.7 Å². The van der Waals surface area contributed by atoms with E-state index in [0.717, 1.165) is 11.1 Å². The molecule has 0 saturated carbocycles. The van der Waals surface area contributed by atoms with Crippen LogP contribution in [0.3, 0.4) is 0 Å². The smallest absolute Gasteiger partial charge is 0.304 e. The highest BCUT2D eigenvalue weighted by Gasteiger charge is 2.07. The van der Waals surface area contributed by atoms with Gasteiger partial charge in [0, 0.05) is 18.6 Å². The van der Waals surface area contributed by atoms with E-state index < -0.39 is 0 Å². The number of pyridine rings is 2. The van der Waals surface area contributed by atoms with Gasteiger partial charge < -0.3 is 4.98 Å². The van der Waals surface area contributed by atoms with Crippen molar-refractivity contribution in [3.8, 4) is 0 Å². The van der Waals surface area contributed by atoms with E-state index in [9.17, 15) is 4.79 Å². The van der Waals surface area contributed by atoms with Crippen LogP contribution < -0.4 is 5.69 Å². The summed E-state index contributed by atoms with van der Waals surface area (Å²) < 4.78 is 1.60. The summed E-state index contributed by atoms with van der Waals surface area (Å²) >= 11 is 0. The van der Waals surface area contributed by atoms with Gasteiger partial charge in [0.1, 0.15) is 0 Å². The van der Waals surface area contributed by atoms with Gasteiger partial charge in [-0.2, -0.15) is 0 Å². The number of nitrogens with one attached hydrogen (secondary N) is 1. The van der Waals surface area contributed by atoms with Crippen LogP contribution in [0, 0.1) is 0 Å². The highest BCUT2D eigenvalue weighted by atomic mass is 16.1. The Bertz CT molecular complexity index is 699. The highest BCUT2D eigenvalue weighted by Crippen LogP contribution is 2.07. The molecule has 84 valence electrons. The summed E-state index contributed by atoms with van der Waals surface area (Å²) in [7, 11) is 0. The molecule has 3 aromatic rings. The minimum Gasteiger partial charge on any atom is -0.304 e. The highest BCUT2D eigenvalue weighted by molar-refractivity contribution is 5.70. The maximum Gasteiger partial charge on any atom is 0.327 e. The Kier molecular flexibility index (Phi) is 2.22. The Morgan fingerprint density at radius 2 is 2.12 bits per heavy atom. The molecule has 0 aromatic carbocycles. The van der Waals surface area contributed by atoms with Crippen LogP contribution in [-0.2, 0) is 6.54 Å². The fourth-order valence-corrected chi connectivity index (χ4v) is 1.81. The molecule has 17 heavy (non-hydrogen) atoms. The second-order valence-corrected chi connectivity index (χ2v) is 3.75. The van der Waals surface area contributed by atoms with E-state index in [-0.39, 0.29) is 5.69 Å². The number of rotatable bonds is 2. The zero-order chi connectivity index (χ0) is 11.7. The van der Waals surface area contributed by atoms with Gasteiger partial charge in [0.05, 0.1) is 12.1 Å². The van der Waals surface area contributed by atoms with E-state index in [0.29, 0.717) is 12.2 Å². The first kappa shape index (κ1) is 9.77. The van der Waals surface area contributed by atoms with Crippen LogP contribution in [-0.4, -0.2) is 19.5 Å². The van der Waals surface area contributed by atoms with Crippen LogP contribution in [0.5, 0.6) is 0 Å². The third-order valence-electron chi connectivity index (χ3n) is 2.59. The van der Waals surface area contributed by atoms with E-state index in [1.54, 1.807) is 29.2 Å². The number of aromatic amines is 1. The molecule has 0 amide bonds. The number of nitrogens with zero attached hydrogens (tertiary/aromatic N) is 3. The molecule has 0 saturated heterocycles. The lowest BCUT2D eigenvalue weighted by molar-refractivity contribution is 0.774. The summed E-state index contributed by atoms with van der Waals surface area (Å²) in [5, 5.41) is 0. The molecule has 5 heteroatoms. The van der Waals surface area contributed by atoms with E-state index >= 15 is 0 Å². The van der Waals surface area contributed by atoms with Gasteiger partial charge in [-0.1, -0.05) is 6.07 Å². The number of hydrogen-bond acceptors (Lipinski definition) is 3. The van der Waals surface area contributed by atoms with Gasteiger partial charge in [-0.05, 0) is 23.8 Å². The van der Waals surface area contributed by atoms with Crippen LogP contribution in [0.2, 0.25) is 0 Å². The third kappa shape index (κ3) is 1.71. The molecule has 0 spiro atoms. The summed E-state index contributed by atoms with van der Waals surface area (Å²) in [6, 6.07) is 7.42. The molecule has 0 aliphatic carbocycles. The average molecular weight is 226 g/mol. The Labute approximate surface area is 96.8 Å². The predicted octanol–water partition coefficient (Wildman–Crippen LogP) is 1.17. The molecule has 3 aromatic heterocycles. The summed E-state index contributed by atoms with van der Waals surface area (Å²) in [5.74, 6) is 0. The first-order valence-corrected chi connectivity index (χ1v) is 5.27. The van der Waals surface area contributed by atoms with Crippen LogP contribution in [0.25, 0.3) is 11.2 Å². The van der Waals surface area contributed by atoms with Crippen molar-refractivity contribution in [2.75, 3.05) is 0 Å². The minimum atomic E-state index is -0.150. The Hall–Kier alpha value is -2.43. The monoisotopic (exact) mass is 226 g/mol. The van der Waals surface area contributed by atoms with Crippen molar-refractivity contribution < 1.29 is 0 Å². The fraction of sp³-hybridized carbons (Fsp3) is 0.0833. The molecule has 0 radical (unpaired) electrons. The molecular weight excluding hydrogens is 216 g/mol. The number of aromatic nitrogens is 4. The standard InChI is InChI=1S/C12H10N4O/c17-12-15-10-4-2-6-14-11(10)16(12)8-9-3-1-5-13-7-9/h1-7H,8H2,(H,15,17). The van der Waals surface area contributed by atoms with Gasteiger partial charge >= 0.3 is 5.69 Å². The molecule has 0 bridgehead atoms. The molecular formula is C12H10N4O. The van der Waals surface area contributed by atoms with Crippen molar-refractivity contribution in [2.24, 2.45) is 0 Å². The molecule has 3 rings (SSSR count). The number of fused-ring (bicyclic) bond motifs is 1. The zero-order valence-electron chi connectivity index (χ0n) is 9.00. The SMILES string of the molecule is O=c1[nH]c2cccnc2n1Cc1cccnc1. The van der Waals surface area contributed by atoms with E-state index in [2.05, 4.69) is 15.0 Å². The molecule has 0 aliphatic heterocycles. The summed E-state index contributed by atoms with van der Waals surface area (Å²) in [6.45, 7) is 0.476. The molecule has 5 nitrogen and oxygen atoms in total. The van der Waals surface area contributed by atoms with Crippen molar-refractivity contribution in [3.63, 3.8) is 0 Å². The quantitative estimate of drug-likeness (QED) is 0.713. The molecule has 0 unspecified atom stereocenters. The van der Waals surface area contributed by atoms with Crippen molar-refractivity contribution in [3.05, 3.63) is 58.9 Å². The third-order valence-corrected chi connectivity index (χ3v) is 2.59. The second-order valence-electron chi connectivity index (χ2n) is 3.75. The summed E-state index contributed by atoms with van der Waals surface area (Å²) in [5.41, 5.74) is 2.24. The number of hydrogen-bond donors (Lipinski definition) is 1. The Balaban J connectivity index is 2.12. The average Bonchev–Trinajstić information content (AvgIpc) is 2.68. The van der Waals surface area contributed by atoms with Gasteiger partial charge in [0.15, 0.2) is 5.65 Å². The van der Waals surface area contributed by atoms with Crippen LogP contribution >= 0.6 is 0 Å². The van der Waals surface area contributed by atoms with Crippen LogP contribution in [0.4, 0.5) is 0 Å². The first-order chi connectivity index (χ1) is 8.34. The maximum atomic E-state index is 11.8. The first-order valence-electron chi connectivity index (χ1n) is 5.27. The topological polar surface area (TPSA) is 63.6 Å². The largest absolute Gasteiger partial charge is 0.327 e. The lowest BCUT2D eigenvalue weighted by atomic mass is 10.3. The fourth-order valence-electron chi connectivity index (χ4n) is 1.81. The van der Waals surface area contributed by atoms with Crippen molar-refractivity contribution in [1.29, 1.82) is 0 Å². The van der Waals surface area contributed by atoms with Crippen molar-refractivity contribution in [1.82, 2.24) is 19.5 Å². The van der Waals surface area contributed by atoms with Gasteiger partial charge in [-0.25, -0.2) is 9.78 Å². The number of H-pyrrole nitrogens is 1. The van der Waals surface area contributed by atoms with E-state index in [1.165, 1.54) is 0 Å². The van der Waals surface area contributed by atoms with E-state index in [1.807, 2.05) is 18.2 Å². The number of imidazole rings is 1. The van der Waals surface area contributed by atoms with Crippen molar-refractivity contribution >= 4 is 11.2 Å². The lowest BCUT2D eigenvalue weighted by Gasteiger charge is -2.01. The second kappa shape index (κ2) is 3.86. The minimum absolute atomic E-state index is 0.150. The normalized spacial score (nSPS) is 10.8. The molecule has 0 atom stereocenters. The molecule has 0 aliphatic rings. The van der Waals surface area contributed by atoms with E-state index in [4.69, 9.17) is 0 Å². The van der Waals surface area contributed by atoms with Gasteiger partial charge in [-0.3, -0.25) is 9.55 Å². The predicted molar refractivity (Wildman–Crippen MR) is 63.7 cm³/mol. The van der Waals surface area contributed by atoms with Crippen LogP contribution in [0.1, 0.15) is 5.56 Å².